The molecule has 0 bridgehead atoms. The molecule has 2 atom stereocenters. The molecule has 1 aromatic carbocycles. The first-order valence-electron chi connectivity index (χ1n) is 8.44. The minimum atomic E-state index is 0.442. The molecule has 0 aromatic heterocycles. The fraction of sp³-hybridized carbons (Fsp3) is 0.684. The minimum Gasteiger partial charge on any atom is -0.307 e. The third-order valence-electron chi connectivity index (χ3n) is 4.96. The Labute approximate surface area is 125 Å². The molecule has 1 nitrogen and oxygen atoms in total. The molecule has 1 heteroatoms. The Kier molecular flexibility index (Phi) is 5.65. The molecule has 1 aliphatic carbocycles. The van der Waals surface area contributed by atoms with Crippen LogP contribution in [0.5, 0.6) is 0 Å². The number of hydrogen-bond acceptors (Lipinski definition) is 1. The molecule has 1 aliphatic rings. The summed E-state index contributed by atoms with van der Waals surface area (Å²) in [7, 11) is 0. The Hall–Kier alpha value is -0.820. The first kappa shape index (κ1) is 15.6. The highest BCUT2D eigenvalue weighted by atomic mass is 15.0. The van der Waals surface area contributed by atoms with Crippen LogP contribution in [0, 0.1) is 5.41 Å². The van der Waals surface area contributed by atoms with Gasteiger partial charge in [0.25, 0.3) is 0 Å². The fourth-order valence-corrected chi connectivity index (χ4v) is 3.49. The van der Waals surface area contributed by atoms with Gasteiger partial charge >= 0.3 is 0 Å². The molecule has 1 aromatic rings. The van der Waals surface area contributed by atoms with Gasteiger partial charge in [-0.3, -0.25) is 0 Å². The summed E-state index contributed by atoms with van der Waals surface area (Å²) >= 11 is 0. The monoisotopic (exact) mass is 273 g/mol. The highest BCUT2D eigenvalue weighted by molar-refractivity contribution is 5.19. The van der Waals surface area contributed by atoms with Crippen LogP contribution in [0.25, 0.3) is 0 Å². The molecular weight excluding hydrogens is 242 g/mol. The van der Waals surface area contributed by atoms with Crippen LogP contribution in [-0.4, -0.2) is 6.04 Å². The average Bonchev–Trinajstić information content (AvgIpc) is 2.46. The molecule has 0 amide bonds. The van der Waals surface area contributed by atoms with Crippen LogP contribution in [-0.2, 0) is 0 Å². The molecule has 0 aliphatic heterocycles. The van der Waals surface area contributed by atoms with Crippen molar-refractivity contribution in [1.29, 1.82) is 0 Å². The van der Waals surface area contributed by atoms with Gasteiger partial charge in [-0.15, -0.1) is 0 Å². The van der Waals surface area contributed by atoms with E-state index < -0.39 is 0 Å². The fourth-order valence-electron chi connectivity index (χ4n) is 3.49. The van der Waals surface area contributed by atoms with Gasteiger partial charge < -0.3 is 5.32 Å². The zero-order valence-electron chi connectivity index (χ0n) is 13.5. The predicted octanol–water partition coefficient (Wildman–Crippen LogP) is 5.48. The van der Waals surface area contributed by atoms with E-state index in [2.05, 4.69) is 56.4 Å². The van der Waals surface area contributed by atoms with E-state index in [1.54, 1.807) is 0 Å². The van der Waals surface area contributed by atoms with Crippen molar-refractivity contribution in [3.8, 4) is 0 Å². The normalized spacial score (nSPS) is 23.4. The van der Waals surface area contributed by atoms with E-state index >= 15 is 0 Å². The van der Waals surface area contributed by atoms with Crippen molar-refractivity contribution >= 4 is 0 Å². The summed E-state index contributed by atoms with van der Waals surface area (Å²) < 4.78 is 0. The third-order valence-corrected chi connectivity index (χ3v) is 4.96. The van der Waals surface area contributed by atoms with Crippen molar-refractivity contribution < 1.29 is 0 Å². The van der Waals surface area contributed by atoms with E-state index in [-0.39, 0.29) is 0 Å². The Morgan fingerprint density at radius 3 is 2.60 bits per heavy atom. The first-order valence-corrected chi connectivity index (χ1v) is 8.44. The van der Waals surface area contributed by atoms with E-state index in [9.17, 15) is 0 Å². The van der Waals surface area contributed by atoms with Crippen LogP contribution < -0.4 is 5.32 Å². The lowest BCUT2D eigenvalue weighted by atomic mass is 9.73. The third kappa shape index (κ3) is 4.09. The van der Waals surface area contributed by atoms with Crippen molar-refractivity contribution in [2.24, 2.45) is 5.41 Å². The standard InChI is InChI=1S/C19H31N/c1-4-5-13-17(16-11-7-6-8-12-16)20-18-14-9-10-15-19(18,2)3/h6-8,11-12,17-18,20H,4-5,9-10,13-15H2,1-3H3. The van der Waals surface area contributed by atoms with E-state index in [0.717, 1.165) is 0 Å². The van der Waals surface area contributed by atoms with Crippen LogP contribution in [0.3, 0.4) is 0 Å². The van der Waals surface area contributed by atoms with Gasteiger partial charge in [0.05, 0.1) is 0 Å². The summed E-state index contributed by atoms with van der Waals surface area (Å²) in [5, 5.41) is 4.00. The Morgan fingerprint density at radius 1 is 1.20 bits per heavy atom. The second-order valence-electron chi connectivity index (χ2n) is 7.06. The van der Waals surface area contributed by atoms with E-state index in [1.165, 1.54) is 50.5 Å². The smallest absolute Gasteiger partial charge is 0.0322 e. The molecule has 0 spiro atoms. The minimum absolute atomic E-state index is 0.442. The van der Waals surface area contributed by atoms with Crippen LogP contribution in [0.15, 0.2) is 30.3 Å². The summed E-state index contributed by atoms with van der Waals surface area (Å²) in [6, 6.07) is 12.2. The van der Waals surface area contributed by atoms with E-state index in [4.69, 9.17) is 0 Å². The molecular formula is C19H31N. The molecule has 1 fully saturated rings. The average molecular weight is 273 g/mol. The van der Waals surface area contributed by atoms with Crippen molar-refractivity contribution in [3.63, 3.8) is 0 Å². The van der Waals surface area contributed by atoms with Crippen LogP contribution in [0.1, 0.15) is 77.3 Å². The van der Waals surface area contributed by atoms with Crippen molar-refractivity contribution in [2.45, 2.75) is 77.8 Å². The lowest BCUT2D eigenvalue weighted by Crippen LogP contribution is -2.45. The second kappa shape index (κ2) is 7.26. The molecule has 112 valence electrons. The Balaban J connectivity index is 2.07. The van der Waals surface area contributed by atoms with Gasteiger partial charge in [0, 0.05) is 12.1 Å². The lowest BCUT2D eigenvalue weighted by Gasteiger charge is -2.41. The molecule has 1 N–H and O–H groups in total. The highest BCUT2D eigenvalue weighted by Gasteiger charge is 2.33. The maximum atomic E-state index is 4.00. The SMILES string of the molecule is CCCCC(NC1CCCCC1(C)C)c1ccccc1. The second-order valence-corrected chi connectivity index (χ2v) is 7.06. The Bertz CT molecular complexity index is 382. The molecule has 2 rings (SSSR count). The van der Waals surface area contributed by atoms with Crippen molar-refractivity contribution in [2.75, 3.05) is 0 Å². The molecule has 0 heterocycles. The summed E-state index contributed by atoms with van der Waals surface area (Å²) in [4.78, 5) is 0. The maximum Gasteiger partial charge on any atom is 0.0322 e. The molecule has 1 saturated carbocycles. The molecule has 0 radical (unpaired) electrons. The zero-order chi connectivity index (χ0) is 14.4. The van der Waals surface area contributed by atoms with Crippen LogP contribution in [0.2, 0.25) is 0 Å². The summed E-state index contributed by atoms with van der Waals surface area (Å²) in [6.07, 6.45) is 9.32. The topological polar surface area (TPSA) is 12.0 Å². The predicted molar refractivity (Wildman–Crippen MR) is 87.9 cm³/mol. The molecule has 0 saturated heterocycles. The number of rotatable bonds is 6. The van der Waals surface area contributed by atoms with Gasteiger partial charge in [0.1, 0.15) is 0 Å². The number of hydrogen-bond donors (Lipinski definition) is 1. The quantitative estimate of drug-likeness (QED) is 0.724. The van der Waals surface area contributed by atoms with Gasteiger partial charge in [-0.1, -0.05) is 76.8 Å². The van der Waals surface area contributed by atoms with Gasteiger partial charge in [-0.25, -0.2) is 0 Å². The largest absolute Gasteiger partial charge is 0.307 e. The molecule has 2 unspecified atom stereocenters. The summed E-state index contributed by atoms with van der Waals surface area (Å²) in [6.45, 7) is 7.16. The zero-order valence-corrected chi connectivity index (χ0v) is 13.5. The Morgan fingerprint density at radius 2 is 1.95 bits per heavy atom. The maximum absolute atomic E-state index is 4.00. The van der Waals surface area contributed by atoms with Gasteiger partial charge in [-0.2, -0.15) is 0 Å². The number of benzene rings is 1. The van der Waals surface area contributed by atoms with Gasteiger partial charge in [-0.05, 0) is 30.2 Å². The van der Waals surface area contributed by atoms with E-state index in [1.807, 2.05) is 0 Å². The van der Waals surface area contributed by atoms with E-state index in [0.29, 0.717) is 17.5 Å². The first-order chi connectivity index (χ1) is 9.63. The summed E-state index contributed by atoms with van der Waals surface area (Å²) in [5.74, 6) is 0. The van der Waals surface area contributed by atoms with Gasteiger partial charge in [0.2, 0.25) is 0 Å². The lowest BCUT2D eigenvalue weighted by molar-refractivity contribution is 0.153. The van der Waals surface area contributed by atoms with Crippen LogP contribution in [0.4, 0.5) is 0 Å². The molecule has 20 heavy (non-hydrogen) atoms. The number of unbranched alkanes of at least 4 members (excludes halogenated alkanes) is 1. The van der Waals surface area contributed by atoms with Crippen molar-refractivity contribution in [3.05, 3.63) is 35.9 Å². The summed E-state index contributed by atoms with van der Waals surface area (Å²) in [5.41, 5.74) is 1.90. The van der Waals surface area contributed by atoms with Crippen molar-refractivity contribution in [1.82, 2.24) is 5.32 Å². The highest BCUT2D eigenvalue weighted by Crippen LogP contribution is 2.37. The van der Waals surface area contributed by atoms with Crippen LogP contribution >= 0.6 is 0 Å². The van der Waals surface area contributed by atoms with Gasteiger partial charge in [0.15, 0.2) is 0 Å². The number of nitrogens with one attached hydrogen (secondary N) is 1.